The minimum absolute atomic E-state index is 0.0873. The molecule has 0 aliphatic carbocycles. The van der Waals surface area contributed by atoms with Gasteiger partial charge in [-0.15, -0.1) is 8.78 Å². The lowest BCUT2D eigenvalue weighted by atomic mass is 10.1. The second-order valence-corrected chi connectivity index (χ2v) is 4.47. The van der Waals surface area contributed by atoms with Gasteiger partial charge in [0.25, 0.3) is 5.84 Å². The minimum Gasteiger partial charge on any atom is -0.378 e. The summed E-state index contributed by atoms with van der Waals surface area (Å²) in [6.07, 6.45) is 0.854. The Morgan fingerprint density at radius 1 is 1.67 bits per heavy atom. The number of ether oxygens (including phenoxy) is 1. The van der Waals surface area contributed by atoms with Gasteiger partial charge in [0.2, 0.25) is 0 Å². The molecular formula is C10H17F2N3O3. The molecule has 8 heteroatoms. The number of likely N-dealkylation sites (N-methyl/N-ethyl adjacent to an activating group) is 1. The van der Waals surface area contributed by atoms with Crippen LogP contribution in [0.3, 0.4) is 0 Å². The first-order valence-corrected chi connectivity index (χ1v) is 5.61. The molecule has 0 spiro atoms. The van der Waals surface area contributed by atoms with Crippen molar-refractivity contribution in [3.8, 4) is 0 Å². The highest BCUT2D eigenvalue weighted by Gasteiger charge is 2.52. The average molecular weight is 265 g/mol. The number of nitrogens with zero attached hydrogens (tertiary/aromatic N) is 3. The van der Waals surface area contributed by atoms with Gasteiger partial charge in [0.1, 0.15) is 4.92 Å². The Labute approximate surface area is 104 Å². The van der Waals surface area contributed by atoms with Crippen LogP contribution in [0.2, 0.25) is 0 Å². The maximum Gasteiger partial charge on any atom is 0.572 e. The predicted molar refractivity (Wildman–Crippen MR) is 61.5 cm³/mol. The van der Waals surface area contributed by atoms with Gasteiger partial charge >= 0.3 is 6.05 Å². The van der Waals surface area contributed by atoms with Crippen LogP contribution in [0.5, 0.6) is 0 Å². The second-order valence-electron chi connectivity index (χ2n) is 4.47. The second kappa shape index (κ2) is 5.55. The normalized spacial score (nSPS) is 25.3. The molecule has 1 heterocycles. The van der Waals surface area contributed by atoms with E-state index in [2.05, 4.69) is 4.99 Å². The summed E-state index contributed by atoms with van der Waals surface area (Å²) in [6, 6.07) is -4.16. The third kappa shape index (κ3) is 3.12. The lowest BCUT2D eigenvalue weighted by Crippen LogP contribution is -2.48. The molecule has 0 saturated carbocycles. The standard InChI is InChI=1S/C10H17F2N3O3/c1-7-4-8(6-18-7)5-14(3)9(13-2)10(11,12)15(16)17/h7-8H,4-6H2,1-3H3. The van der Waals surface area contributed by atoms with E-state index < -0.39 is 16.8 Å². The van der Waals surface area contributed by atoms with Crippen LogP contribution in [0, 0.1) is 16.0 Å². The predicted octanol–water partition coefficient (Wildman–Crippen LogP) is 1.24. The SMILES string of the molecule is CN=C(N(C)CC1COC(C)C1)C(F)(F)[N+](=O)[O-]. The smallest absolute Gasteiger partial charge is 0.378 e. The summed E-state index contributed by atoms with van der Waals surface area (Å²) >= 11 is 0. The summed E-state index contributed by atoms with van der Waals surface area (Å²) in [5, 5.41) is 10.3. The van der Waals surface area contributed by atoms with E-state index in [1.165, 1.54) is 7.05 Å². The zero-order valence-corrected chi connectivity index (χ0v) is 10.6. The first kappa shape index (κ1) is 14.7. The van der Waals surface area contributed by atoms with Crippen molar-refractivity contribution < 1.29 is 18.4 Å². The molecule has 0 radical (unpaired) electrons. The van der Waals surface area contributed by atoms with Crippen molar-refractivity contribution >= 4 is 5.84 Å². The third-order valence-corrected chi connectivity index (χ3v) is 2.89. The highest BCUT2D eigenvalue weighted by molar-refractivity contribution is 5.87. The van der Waals surface area contributed by atoms with E-state index >= 15 is 0 Å². The molecule has 1 fully saturated rings. The number of amidine groups is 1. The molecule has 18 heavy (non-hydrogen) atoms. The van der Waals surface area contributed by atoms with Crippen molar-refractivity contribution in [3.63, 3.8) is 0 Å². The molecule has 104 valence electrons. The highest BCUT2D eigenvalue weighted by atomic mass is 19.3. The van der Waals surface area contributed by atoms with Gasteiger partial charge in [-0.05, 0) is 13.3 Å². The number of alkyl halides is 2. The third-order valence-electron chi connectivity index (χ3n) is 2.89. The molecule has 2 unspecified atom stereocenters. The molecule has 1 saturated heterocycles. The molecule has 1 aliphatic heterocycles. The van der Waals surface area contributed by atoms with Crippen LogP contribution in [-0.4, -0.2) is 55.1 Å². The van der Waals surface area contributed by atoms with E-state index in [1.807, 2.05) is 6.92 Å². The Hall–Kier alpha value is -1.31. The van der Waals surface area contributed by atoms with E-state index in [4.69, 9.17) is 4.74 Å². The largest absolute Gasteiger partial charge is 0.572 e. The Kier molecular flexibility index (Phi) is 4.55. The molecule has 1 rings (SSSR count). The zero-order chi connectivity index (χ0) is 13.9. The molecule has 0 N–H and O–H groups in total. The number of rotatable bonds is 4. The molecule has 2 atom stereocenters. The van der Waals surface area contributed by atoms with Gasteiger partial charge in [0.05, 0.1) is 12.7 Å². The first-order chi connectivity index (χ1) is 8.28. The zero-order valence-electron chi connectivity index (χ0n) is 10.6. The summed E-state index contributed by atoms with van der Waals surface area (Å²) in [5.41, 5.74) is 0. The quantitative estimate of drug-likeness (QED) is 0.252. The number of nitro groups is 1. The summed E-state index contributed by atoms with van der Waals surface area (Å²) in [5.74, 6) is -0.739. The van der Waals surface area contributed by atoms with Crippen molar-refractivity contribution in [1.29, 1.82) is 0 Å². The Morgan fingerprint density at radius 2 is 2.28 bits per heavy atom. The topological polar surface area (TPSA) is 68.0 Å². The van der Waals surface area contributed by atoms with Crippen LogP contribution in [-0.2, 0) is 4.74 Å². The highest BCUT2D eigenvalue weighted by Crippen LogP contribution is 2.23. The molecular weight excluding hydrogens is 248 g/mol. The fraction of sp³-hybridized carbons (Fsp3) is 0.900. The van der Waals surface area contributed by atoms with Gasteiger partial charge in [0.15, 0.2) is 0 Å². The van der Waals surface area contributed by atoms with E-state index in [9.17, 15) is 18.9 Å². The van der Waals surface area contributed by atoms with Crippen LogP contribution < -0.4 is 0 Å². The average Bonchev–Trinajstić information content (AvgIpc) is 2.64. The maximum absolute atomic E-state index is 13.3. The summed E-state index contributed by atoms with van der Waals surface area (Å²) in [4.78, 5) is 13.2. The molecule has 6 nitrogen and oxygen atoms in total. The number of hydrogen-bond acceptors (Lipinski definition) is 4. The molecule has 1 aliphatic rings. The number of aliphatic imine (C=N–C) groups is 1. The van der Waals surface area contributed by atoms with E-state index in [-0.39, 0.29) is 18.6 Å². The summed E-state index contributed by atoms with van der Waals surface area (Å²) in [7, 11) is 2.50. The van der Waals surface area contributed by atoms with E-state index in [0.29, 0.717) is 6.61 Å². The van der Waals surface area contributed by atoms with Crippen LogP contribution in [0.4, 0.5) is 8.78 Å². The molecule has 0 aromatic rings. The summed E-state index contributed by atoms with van der Waals surface area (Å²) < 4.78 is 31.9. The van der Waals surface area contributed by atoms with Crippen molar-refractivity contribution in [2.75, 3.05) is 27.2 Å². The van der Waals surface area contributed by atoms with Crippen molar-refractivity contribution in [2.24, 2.45) is 10.9 Å². The molecule has 0 amide bonds. The van der Waals surface area contributed by atoms with Crippen LogP contribution >= 0.6 is 0 Å². The molecule has 0 aromatic carbocycles. The minimum atomic E-state index is -4.16. The first-order valence-electron chi connectivity index (χ1n) is 5.61. The van der Waals surface area contributed by atoms with Gasteiger partial charge in [-0.3, -0.25) is 15.1 Å². The van der Waals surface area contributed by atoms with Crippen LogP contribution in [0.25, 0.3) is 0 Å². The van der Waals surface area contributed by atoms with Gasteiger partial charge in [0, 0.05) is 26.6 Å². The maximum atomic E-state index is 13.3. The van der Waals surface area contributed by atoms with E-state index in [1.54, 1.807) is 0 Å². The van der Waals surface area contributed by atoms with Crippen molar-refractivity contribution in [3.05, 3.63) is 10.1 Å². The Bertz CT molecular complexity index is 349. The van der Waals surface area contributed by atoms with Crippen LogP contribution in [0.1, 0.15) is 13.3 Å². The number of hydrogen-bond donors (Lipinski definition) is 0. The lowest BCUT2D eigenvalue weighted by Gasteiger charge is -2.24. The molecule has 0 bridgehead atoms. The summed E-state index contributed by atoms with van der Waals surface area (Å²) in [6.45, 7) is 2.65. The van der Waals surface area contributed by atoms with E-state index in [0.717, 1.165) is 18.4 Å². The fourth-order valence-corrected chi connectivity index (χ4v) is 2.12. The fourth-order valence-electron chi connectivity index (χ4n) is 2.12. The monoisotopic (exact) mass is 265 g/mol. The van der Waals surface area contributed by atoms with Crippen LogP contribution in [0.15, 0.2) is 4.99 Å². The van der Waals surface area contributed by atoms with Gasteiger partial charge < -0.3 is 9.64 Å². The Morgan fingerprint density at radius 3 is 2.67 bits per heavy atom. The Balaban J connectivity index is 2.69. The molecule has 0 aromatic heterocycles. The van der Waals surface area contributed by atoms with Gasteiger partial charge in [-0.1, -0.05) is 0 Å². The van der Waals surface area contributed by atoms with Gasteiger partial charge in [-0.2, -0.15) is 0 Å². The number of halogens is 2. The lowest BCUT2D eigenvalue weighted by molar-refractivity contribution is -0.618. The van der Waals surface area contributed by atoms with Crippen molar-refractivity contribution in [2.45, 2.75) is 25.5 Å². The van der Waals surface area contributed by atoms with Gasteiger partial charge in [-0.25, -0.2) is 0 Å². The van der Waals surface area contributed by atoms with Crippen molar-refractivity contribution in [1.82, 2.24) is 4.90 Å².